The lowest BCUT2D eigenvalue weighted by Gasteiger charge is -2.26. The monoisotopic (exact) mass is 458 g/mol. The summed E-state index contributed by atoms with van der Waals surface area (Å²) >= 11 is 12.0. The zero-order chi connectivity index (χ0) is 21.6. The van der Waals surface area contributed by atoms with E-state index in [0.29, 0.717) is 22.3 Å². The summed E-state index contributed by atoms with van der Waals surface area (Å²) in [5.74, 6) is 0.210. The minimum atomic E-state index is -0.229. The molecule has 31 heavy (non-hydrogen) atoms. The number of carbonyl (C=O) groups excluding carboxylic acids is 1. The molecule has 2 amide bonds. The van der Waals surface area contributed by atoms with Crippen molar-refractivity contribution >= 4 is 40.6 Å². The topological polar surface area (TPSA) is 47.9 Å². The van der Waals surface area contributed by atoms with E-state index in [2.05, 4.69) is 10.2 Å². The molecule has 1 N–H and O–H groups in total. The van der Waals surface area contributed by atoms with Gasteiger partial charge in [-0.05, 0) is 87.3 Å². The van der Waals surface area contributed by atoms with Gasteiger partial charge in [0.2, 0.25) is 0 Å². The molecule has 2 aliphatic rings. The van der Waals surface area contributed by atoms with E-state index in [1.165, 1.54) is 32.4 Å². The van der Waals surface area contributed by atoms with Gasteiger partial charge >= 0.3 is 6.03 Å². The molecule has 1 unspecified atom stereocenters. The molecule has 2 aromatic carbocycles. The highest BCUT2D eigenvalue weighted by atomic mass is 35.5. The van der Waals surface area contributed by atoms with Crippen LogP contribution in [0.1, 0.15) is 37.7 Å². The highest BCUT2D eigenvalue weighted by Gasteiger charge is 2.31. The van der Waals surface area contributed by atoms with E-state index in [1.807, 2.05) is 24.3 Å². The van der Waals surface area contributed by atoms with Crippen LogP contribution in [0, 0.1) is 5.92 Å². The van der Waals surface area contributed by atoms with Crippen LogP contribution >= 0.6 is 23.2 Å². The van der Waals surface area contributed by atoms with Gasteiger partial charge in [0.15, 0.2) is 0 Å². The lowest BCUT2D eigenvalue weighted by Crippen LogP contribution is -2.32. The van der Waals surface area contributed by atoms with Gasteiger partial charge in [-0.1, -0.05) is 41.8 Å². The smallest absolute Gasteiger partial charge is 0.306 e. The molecule has 7 heteroatoms. The summed E-state index contributed by atoms with van der Waals surface area (Å²) in [6, 6.07) is 14.6. The third kappa shape index (κ3) is 6.00. The van der Waals surface area contributed by atoms with E-state index < -0.39 is 0 Å². The number of rotatable bonds is 6. The number of hydrazone groups is 1. The third-order valence-electron chi connectivity index (χ3n) is 5.95. The van der Waals surface area contributed by atoms with Crippen molar-refractivity contribution < 1.29 is 4.79 Å². The van der Waals surface area contributed by atoms with Gasteiger partial charge in [0.1, 0.15) is 0 Å². The maximum absolute atomic E-state index is 12.8. The first kappa shape index (κ1) is 22.1. The first-order chi connectivity index (χ1) is 15.1. The number of likely N-dealkylation sites (tertiary alicyclic amines) is 1. The second-order valence-corrected chi connectivity index (χ2v) is 9.13. The number of benzene rings is 2. The molecular weight excluding hydrogens is 431 g/mol. The zero-order valence-electron chi connectivity index (χ0n) is 17.6. The van der Waals surface area contributed by atoms with Crippen molar-refractivity contribution in [3.8, 4) is 0 Å². The van der Waals surface area contributed by atoms with Crippen LogP contribution in [0.5, 0.6) is 0 Å². The van der Waals surface area contributed by atoms with Crippen molar-refractivity contribution in [2.45, 2.75) is 32.1 Å². The second kappa shape index (κ2) is 10.5. The molecule has 0 bridgehead atoms. The molecule has 0 aliphatic carbocycles. The first-order valence-electron chi connectivity index (χ1n) is 11.0. The number of piperidine rings is 1. The van der Waals surface area contributed by atoms with E-state index >= 15 is 0 Å². The highest BCUT2D eigenvalue weighted by Crippen LogP contribution is 2.26. The van der Waals surface area contributed by atoms with Gasteiger partial charge in [-0.15, -0.1) is 0 Å². The number of hydrogen-bond acceptors (Lipinski definition) is 3. The molecule has 1 saturated heterocycles. The van der Waals surface area contributed by atoms with Crippen molar-refractivity contribution in [2.24, 2.45) is 11.0 Å². The molecule has 0 saturated carbocycles. The largest absolute Gasteiger partial charge is 0.342 e. The van der Waals surface area contributed by atoms with Crippen LogP contribution < -0.4 is 5.32 Å². The lowest BCUT2D eigenvalue weighted by molar-refractivity contribution is 0.210. The fraction of sp³-hybridized carbons (Fsp3) is 0.417. The molecule has 164 valence electrons. The van der Waals surface area contributed by atoms with Crippen LogP contribution in [-0.2, 0) is 0 Å². The molecule has 2 heterocycles. The maximum Gasteiger partial charge on any atom is 0.342 e. The number of carbonyl (C=O) groups is 1. The highest BCUT2D eigenvalue weighted by molar-refractivity contribution is 6.31. The molecule has 0 radical (unpaired) electrons. The summed E-state index contributed by atoms with van der Waals surface area (Å²) in [4.78, 5) is 15.4. The minimum absolute atomic E-state index is 0.210. The fourth-order valence-corrected chi connectivity index (χ4v) is 4.54. The van der Waals surface area contributed by atoms with Gasteiger partial charge in [0, 0.05) is 21.7 Å². The average molecular weight is 459 g/mol. The Morgan fingerprint density at radius 2 is 1.61 bits per heavy atom. The van der Waals surface area contributed by atoms with Crippen LogP contribution in [0.4, 0.5) is 10.5 Å². The number of nitrogens with zero attached hydrogens (tertiary/aromatic N) is 3. The SMILES string of the molecule is O=C(Nc1ccc(Cl)cc1)N1CC(CCCN2CCCCC2)C(c2ccc(Cl)cc2)=N1. The molecule has 2 aromatic rings. The van der Waals surface area contributed by atoms with E-state index in [0.717, 1.165) is 30.7 Å². The van der Waals surface area contributed by atoms with Crippen LogP contribution in [-0.4, -0.2) is 47.8 Å². The normalized spacial score (nSPS) is 19.4. The number of hydrogen-bond donors (Lipinski definition) is 1. The predicted octanol–water partition coefficient (Wildman–Crippen LogP) is 6.13. The Bertz CT molecular complexity index is 908. The lowest BCUT2D eigenvalue weighted by atomic mass is 9.93. The fourth-order valence-electron chi connectivity index (χ4n) is 4.28. The standard InChI is InChI=1S/C24H28Cl2N4O/c25-20-8-6-18(7-9-20)23-19(5-4-16-29-14-2-1-3-15-29)17-30(28-23)24(31)27-22-12-10-21(26)11-13-22/h6-13,19H,1-5,14-17H2,(H,27,31). The zero-order valence-corrected chi connectivity index (χ0v) is 19.1. The van der Waals surface area contributed by atoms with E-state index in [-0.39, 0.29) is 11.9 Å². The minimum Gasteiger partial charge on any atom is -0.306 e. The van der Waals surface area contributed by atoms with Crippen LogP contribution in [0.2, 0.25) is 10.0 Å². The summed E-state index contributed by atoms with van der Waals surface area (Å²) in [6.45, 7) is 4.11. The number of urea groups is 1. The van der Waals surface area contributed by atoms with Crippen molar-refractivity contribution in [3.63, 3.8) is 0 Å². The molecule has 0 aromatic heterocycles. The quantitative estimate of drug-likeness (QED) is 0.565. The van der Waals surface area contributed by atoms with Crippen LogP contribution in [0.3, 0.4) is 0 Å². The molecular formula is C24H28Cl2N4O. The number of halogens is 2. The Kier molecular flexibility index (Phi) is 7.49. The van der Waals surface area contributed by atoms with E-state index in [4.69, 9.17) is 28.3 Å². The van der Waals surface area contributed by atoms with Crippen molar-refractivity contribution in [1.29, 1.82) is 0 Å². The van der Waals surface area contributed by atoms with Crippen molar-refractivity contribution in [3.05, 3.63) is 64.1 Å². The predicted molar refractivity (Wildman–Crippen MR) is 128 cm³/mol. The van der Waals surface area contributed by atoms with Gasteiger partial charge in [0.25, 0.3) is 0 Å². The molecule has 1 fully saturated rings. The summed E-state index contributed by atoms with van der Waals surface area (Å²) in [5, 5.41) is 10.5. The number of nitrogens with one attached hydrogen (secondary N) is 1. The van der Waals surface area contributed by atoms with Crippen LogP contribution in [0.15, 0.2) is 53.6 Å². The Balaban J connectivity index is 1.43. The molecule has 0 spiro atoms. The summed E-state index contributed by atoms with van der Waals surface area (Å²) in [5.41, 5.74) is 2.68. The Morgan fingerprint density at radius 1 is 0.968 bits per heavy atom. The molecule has 2 aliphatic heterocycles. The van der Waals surface area contributed by atoms with Gasteiger partial charge in [-0.3, -0.25) is 0 Å². The maximum atomic E-state index is 12.8. The van der Waals surface area contributed by atoms with Gasteiger partial charge in [-0.25, -0.2) is 9.80 Å². The number of amides is 2. The third-order valence-corrected chi connectivity index (χ3v) is 6.46. The van der Waals surface area contributed by atoms with Gasteiger partial charge in [0.05, 0.1) is 12.3 Å². The van der Waals surface area contributed by atoms with Crippen LogP contribution in [0.25, 0.3) is 0 Å². The van der Waals surface area contributed by atoms with Crippen molar-refractivity contribution in [2.75, 3.05) is 31.5 Å². The summed E-state index contributed by atoms with van der Waals surface area (Å²) < 4.78 is 0. The van der Waals surface area contributed by atoms with Gasteiger partial charge in [-0.2, -0.15) is 5.10 Å². The van der Waals surface area contributed by atoms with E-state index in [1.54, 1.807) is 29.3 Å². The first-order valence-corrected chi connectivity index (χ1v) is 11.7. The van der Waals surface area contributed by atoms with E-state index in [9.17, 15) is 4.79 Å². The molecule has 5 nitrogen and oxygen atoms in total. The van der Waals surface area contributed by atoms with Crippen molar-refractivity contribution in [1.82, 2.24) is 9.91 Å². The Morgan fingerprint density at radius 3 is 2.29 bits per heavy atom. The Labute approximate surface area is 194 Å². The summed E-state index contributed by atoms with van der Waals surface area (Å²) in [6.07, 6.45) is 6.07. The van der Waals surface area contributed by atoms with Gasteiger partial charge < -0.3 is 10.2 Å². The number of anilines is 1. The molecule has 4 rings (SSSR count). The molecule has 1 atom stereocenters. The summed E-state index contributed by atoms with van der Waals surface area (Å²) in [7, 11) is 0. The Hall–Kier alpha value is -2.08. The average Bonchev–Trinajstić information content (AvgIpc) is 3.21. The second-order valence-electron chi connectivity index (χ2n) is 8.25.